The molecule has 1 saturated heterocycles. The van der Waals surface area contributed by atoms with E-state index in [1.165, 1.54) is 0 Å². The van der Waals surface area contributed by atoms with Gasteiger partial charge in [-0.05, 0) is 98.7 Å². The minimum Gasteiger partial charge on any atom is -0.506 e. The number of halogens is 1. The third kappa shape index (κ3) is 5.19. The lowest BCUT2D eigenvalue weighted by Crippen LogP contribution is -2.29. The van der Waals surface area contributed by atoms with Gasteiger partial charge in [0.15, 0.2) is 5.11 Å². The first-order valence-electron chi connectivity index (χ1n) is 12.2. The molecule has 1 aliphatic rings. The highest BCUT2D eigenvalue weighted by Gasteiger charge is 2.42. The number of anilines is 2. The van der Waals surface area contributed by atoms with Crippen LogP contribution in [0.25, 0.3) is 5.69 Å². The van der Waals surface area contributed by atoms with Gasteiger partial charge in [-0.1, -0.05) is 17.7 Å². The van der Waals surface area contributed by atoms with Crippen LogP contribution in [0, 0.1) is 20.8 Å². The van der Waals surface area contributed by atoms with E-state index in [-0.39, 0.29) is 17.8 Å². The molecular formula is C28H28ClN5O3S2. The number of pyridine rings is 1. The third-order valence-corrected chi connectivity index (χ3v) is 7.99. The van der Waals surface area contributed by atoms with Gasteiger partial charge in [-0.15, -0.1) is 0 Å². The predicted molar refractivity (Wildman–Crippen MR) is 159 cm³/mol. The molecule has 1 aliphatic heterocycles. The van der Waals surface area contributed by atoms with Gasteiger partial charge in [-0.25, -0.2) is 8.42 Å². The zero-order valence-corrected chi connectivity index (χ0v) is 24.2. The second-order valence-electron chi connectivity index (χ2n) is 9.66. The lowest BCUT2D eigenvalue weighted by molar-refractivity contribution is 0.471. The van der Waals surface area contributed by atoms with Crippen LogP contribution in [0.1, 0.15) is 40.3 Å². The van der Waals surface area contributed by atoms with Gasteiger partial charge in [0, 0.05) is 28.3 Å². The molecule has 4 aromatic rings. The van der Waals surface area contributed by atoms with E-state index in [9.17, 15) is 13.5 Å². The van der Waals surface area contributed by atoms with Crippen molar-refractivity contribution in [2.45, 2.75) is 32.9 Å². The number of nitrogens with one attached hydrogen (secondary N) is 2. The number of rotatable bonds is 6. The van der Waals surface area contributed by atoms with Crippen LogP contribution in [-0.2, 0) is 10.0 Å². The standard InChI is InChI=1S/C28H28ClN5O3S2/c1-16-13-20(9-10-22(16)32-39(4,36)37)34-27(26(31-28(34)38)23-7-5-6-12-30-23)21-14-17(2)33(18(21)3)24-15-19(29)8-11-25(24)35/h5-15,26-27,32,35H,1-4H3,(H,31,38)/t26-,27+/m1/s1. The molecule has 39 heavy (non-hydrogen) atoms. The van der Waals surface area contributed by atoms with Crippen LogP contribution in [0.2, 0.25) is 5.02 Å². The van der Waals surface area contributed by atoms with Crippen molar-refractivity contribution in [2.75, 3.05) is 15.9 Å². The van der Waals surface area contributed by atoms with Crippen LogP contribution in [0.3, 0.4) is 0 Å². The fourth-order valence-corrected chi connectivity index (χ4v) is 6.34. The fraction of sp³-hybridized carbons (Fsp3) is 0.214. The highest BCUT2D eigenvalue weighted by atomic mass is 35.5. The molecule has 0 aliphatic carbocycles. The summed E-state index contributed by atoms with van der Waals surface area (Å²) in [5.41, 5.74) is 6.32. The summed E-state index contributed by atoms with van der Waals surface area (Å²) in [6, 6.07) is 17.8. The maximum atomic E-state index is 11.8. The monoisotopic (exact) mass is 581 g/mol. The molecule has 3 heterocycles. The van der Waals surface area contributed by atoms with Crippen LogP contribution >= 0.6 is 23.8 Å². The first kappa shape index (κ1) is 27.0. The van der Waals surface area contributed by atoms with Gasteiger partial charge in [0.2, 0.25) is 10.0 Å². The number of hydrogen-bond acceptors (Lipinski definition) is 5. The number of aromatic nitrogens is 2. The highest BCUT2D eigenvalue weighted by molar-refractivity contribution is 7.92. The molecule has 5 rings (SSSR count). The number of aryl methyl sites for hydroxylation is 2. The largest absolute Gasteiger partial charge is 0.506 e. The third-order valence-electron chi connectivity index (χ3n) is 6.85. The van der Waals surface area contributed by atoms with Crippen molar-refractivity contribution < 1.29 is 13.5 Å². The molecule has 8 nitrogen and oxygen atoms in total. The second kappa shape index (κ2) is 10.2. The molecule has 3 N–H and O–H groups in total. The van der Waals surface area contributed by atoms with Crippen LogP contribution in [0.5, 0.6) is 5.75 Å². The van der Waals surface area contributed by atoms with Crippen molar-refractivity contribution in [2.24, 2.45) is 0 Å². The van der Waals surface area contributed by atoms with Crippen molar-refractivity contribution in [1.82, 2.24) is 14.9 Å². The first-order valence-corrected chi connectivity index (χ1v) is 14.9. The van der Waals surface area contributed by atoms with E-state index in [0.717, 1.165) is 40.2 Å². The Balaban J connectivity index is 1.67. The molecule has 2 atom stereocenters. The number of phenols is 1. The van der Waals surface area contributed by atoms with Crippen LogP contribution in [0.15, 0.2) is 66.9 Å². The fourth-order valence-electron chi connectivity index (χ4n) is 5.19. The summed E-state index contributed by atoms with van der Waals surface area (Å²) >= 11 is 12.2. The Morgan fingerprint density at radius 1 is 1.08 bits per heavy atom. The number of benzene rings is 2. The lowest BCUT2D eigenvalue weighted by Gasteiger charge is -2.29. The SMILES string of the molecule is Cc1cc(N2C(=S)N[C@H](c3ccccn3)[C@@H]2c2cc(C)n(-c3cc(Cl)ccc3O)c2C)ccc1NS(C)(=O)=O. The molecule has 11 heteroatoms. The van der Waals surface area contributed by atoms with Crippen molar-refractivity contribution in [3.8, 4) is 11.4 Å². The van der Waals surface area contributed by atoms with Gasteiger partial charge in [0.05, 0.1) is 35.4 Å². The van der Waals surface area contributed by atoms with E-state index >= 15 is 0 Å². The molecular weight excluding hydrogens is 554 g/mol. The molecule has 2 aromatic heterocycles. The van der Waals surface area contributed by atoms with Gasteiger partial charge in [-0.2, -0.15) is 0 Å². The Morgan fingerprint density at radius 3 is 2.51 bits per heavy atom. The number of sulfonamides is 1. The van der Waals surface area contributed by atoms with Crippen molar-refractivity contribution >= 4 is 50.3 Å². The number of thiocarbonyl (C=S) groups is 1. The Bertz CT molecular complexity index is 1690. The Labute approximate surface area is 238 Å². The van der Waals surface area contributed by atoms with Crippen LogP contribution in [0.4, 0.5) is 11.4 Å². The maximum Gasteiger partial charge on any atom is 0.229 e. The summed E-state index contributed by atoms with van der Waals surface area (Å²) in [5, 5.41) is 15.2. The van der Waals surface area contributed by atoms with Crippen LogP contribution in [-0.4, -0.2) is 34.4 Å². The van der Waals surface area contributed by atoms with Gasteiger partial charge in [-0.3, -0.25) is 9.71 Å². The Morgan fingerprint density at radius 2 is 1.85 bits per heavy atom. The van der Waals surface area contributed by atoms with Gasteiger partial charge in [0.25, 0.3) is 0 Å². The molecule has 202 valence electrons. The lowest BCUT2D eigenvalue weighted by atomic mass is 9.96. The summed E-state index contributed by atoms with van der Waals surface area (Å²) in [6.45, 7) is 5.83. The first-order chi connectivity index (χ1) is 18.4. The number of nitrogens with zero attached hydrogens (tertiary/aromatic N) is 3. The van der Waals surface area contributed by atoms with Crippen LogP contribution < -0.4 is 14.9 Å². The van der Waals surface area contributed by atoms with Crippen molar-refractivity contribution in [3.63, 3.8) is 0 Å². The molecule has 0 bridgehead atoms. The summed E-state index contributed by atoms with van der Waals surface area (Å²) in [5.74, 6) is 0.121. The van der Waals surface area contributed by atoms with Gasteiger partial charge < -0.3 is 19.9 Å². The Kier molecular flexibility index (Phi) is 7.04. The summed E-state index contributed by atoms with van der Waals surface area (Å²) in [7, 11) is -3.42. The van der Waals surface area contributed by atoms with E-state index in [1.807, 2.05) is 60.6 Å². The molecule has 1 fully saturated rings. The number of hydrogen-bond donors (Lipinski definition) is 3. The summed E-state index contributed by atoms with van der Waals surface area (Å²) in [4.78, 5) is 6.66. The smallest absolute Gasteiger partial charge is 0.229 e. The number of aromatic hydroxyl groups is 1. The molecule has 0 unspecified atom stereocenters. The van der Waals surface area contributed by atoms with Gasteiger partial charge in [0.1, 0.15) is 5.75 Å². The van der Waals surface area contributed by atoms with E-state index in [2.05, 4.69) is 21.1 Å². The average Bonchev–Trinajstić information content (AvgIpc) is 3.37. The highest BCUT2D eigenvalue weighted by Crippen LogP contribution is 2.44. The van der Waals surface area contributed by atoms with Crippen molar-refractivity contribution in [3.05, 3.63) is 100 Å². The van der Waals surface area contributed by atoms with E-state index < -0.39 is 10.0 Å². The number of phenolic OH excluding ortho intramolecular Hbond substituents is 1. The predicted octanol–water partition coefficient (Wildman–Crippen LogP) is 5.71. The summed E-state index contributed by atoms with van der Waals surface area (Å²) in [6.07, 6.45) is 2.88. The molecule has 0 amide bonds. The second-order valence-corrected chi connectivity index (χ2v) is 12.2. The van der Waals surface area contributed by atoms with Crippen molar-refractivity contribution in [1.29, 1.82) is 0 Å². The van der Waals surface area contributed by atoms with E-state index in [4.69, 9.17) is 23.8 Å². The van der Waals surface area contributed by atoms with E-state index in [1.54, 1.807) is 30.5 Å². The molecule has 2 aromatic carbocycles. The zero-order chi connectivity index (χ0) is 28.1. The maximum absolute atomic E-state index is 11.8. The quantitative estimate of drug-likeness (QED) is 0.251. The van der Waals surface area contributed by atoms with E-state index in [0.29, 0.717) is 21.5 Å². The molecule has 0 spiro atoms. The van der Waals surface area contributed by atoms with Gasteiger partial charge >= 0.3 is 0 Å². The topological polar surface area (TPSA) is 99.5 Å². The normalized spacial score (nSPS) is 17.4. The minimum atomic E-state index is -3.42. The minimum absolute atomic E-state index is 0.121. The summed E-state index contributed by atoms with van der Waals surface area (Å²) < 4.78 is 28.2. The average molecular weight is 582 g/mol. The molecule has 0 saturated carbocycles. The zero-order valence-electron chi connectivity index (χ0n) is 21.8. The molecule has 0 radical (unpaired) electrons. The Hall–Kier alpha value is -3.60.